The fourth-order valence-corrected chi connectivity index (χ4v) is 2.15. The molecule has 20 heavy (non-hydrogen) atoms. The zero-order valence-corrected chi connectivity index (χ0v) is 11.5. The van der Waals surface area contributed by atoms with Gasteiger partial charge in [-0.05, 0) is 19.4 Å². The molecule has 0 fully saturated rings. The van der Waals surface area contributed by atoms with Crippen LogP contribution in [0.5, 0.6) is 0 Å². The van der Waals surface area contributed by atoms with E-state index in [4.69, 9.17) is 0 Å². The van der Waals surface area contributed by atoms with Crippen LogP contribution >= 0.6 is 0 Å². The van der Waals surface area contributed by atoms with Crippen molar-refractivity contribution in [3.8, 4) is 0 Å². The number of aliphatic hydroxyl groups is 1. The Bertz CT molecular complexity index is 596. The molecular formula is C14H17F2N3O. The predicted molar refractivity (Wildman–Crippen MR) is 69.9 cm³/mol. The fourth-order valence-electron chi connectivity index (χ4n) is 2.15. The first-order valence-corrected chi connectivity index (χ1v) is 6.49. The average Bonchev–Trinajstić information content (AvgIpc) is 2.80. The molecule has 0 aliphatic heterocycles. The lowest BCUT2D eigenvalue weighted by atomic mass is 9.91. The van der Waals surface area contributed by atoms with Gasteiger partial charge in [-0.15, -0.1) is 0 Å². The van der Waals surface area contributed by atoms with Crippen molar-refractivity contribution in [1.29, 1.82) is 0 Å². The van der Waals surface area contributed by atoms with Crippen LogP contribution in [0, 0.1) is 11.6 Å². The minimum Gasteiger partial charge on any atom is -0.385 e. The number of nitrogens with zero attached hydrogens (tertiary/aromatic N) is 3. The highest BCUT2D eigenvalue weighted by molar-refractivity contribution is 5.25. The van der Waals surface area contributed by atoms with Gasteiger partial charge in [0.05, 0.1) is 5.60 Å². The Morgan fingerprint density at radius 2 is 2.10 bits per heavy atom. The van der Waals surface area contributed by atoms with Crippen LogP contribution in [0.1, 0.15) is 31.7 Å². The molecule has 0 bridgehead atoms. The number of rotatable bonds is 5. The number of halogens is 2. The standard InChI is InChI=1S/C14H17F2N3O/c1-3-7-19-12(17-9-18-19)8-14(2,20)10-5-4-6-11(15)13(10)16/h4-6,9,20H,3,7-8H2,1-2H3. The second-order valence-corrected chi connectivity index (χ2v) is 4.95. The second-order valence-electron chi connectivity index (χ2n) is 4.95. The summed E-state index contributed by atoms with van der Waals surface area (Å²) in [6, 6.07) is 3.77. The minimum absolute atomic E-state index is 0.0629. The zero-order valence-electron chi connectivity index (χ0n) is 11.5. The first-order chi connectivity index (χ1) is 9.45. The predicted octanol–water partition coefficient (Wildman–Crippen LogP) is 2.42. The smallest absolute Gasteiger partial charge is 0.164 e. The van der Waals surface area contributed by atoms with Crippen molar-refractivity contribution in [3.05, 3.63) is 47.5 Å². The molecule has 108 valence electrons. The Hall–Kier alpha value is -1.82. The average molecular weight is 281 g/mol. The van der Waals surface area contributed by atoms with Gasteiger partial charge < -0.3 is 5.11 Å². The molecule has 6 heteroatoms. The van der Waals surface area contributed by atoms with E-state index in [1.807, 2.05) is 6.92 Å². The van der Waals surface area contributed by atoms with Crippen LogP contribution in [-0.4, -0.2) is 19.9 Å². The van der Waals surface area contributed by atoms with Gasteiger partial charge in [0.25, 0.3) is 0 Å². The van der Waals surface area contributed by atoms with Gasteiger partial charge in [-0.3, -0.25) is 0 Å². The van der Waals surface area contributed by atoms with E-state index >= 15 is 0 Å². The summed E-state index contributed by atoms with van der Waals surface area (Å²) in [6.07, 6.45) is 2.32. The van der Waals surface area contributed by atoms with Crippen LogP contribution in [0.4, 0.5) is 8.78 Å². The topological polar surface area (TPSA) is 50.9 Å². The van der Waals surface area contributed by atoms with Gasteiger partial charge in [0.1, 0.15) is 12.2 Å². The van der Waals surface area contributed by atoms with Crippen molar-refractivity contribution >= 4 is 0 Å². The normalized spacial score (nSPS) is 14.2. The van der Waals surface area contributed by atoms with Crippen molar-refractivity contribution in [1.82, 2.24) is 14.8 Å². The van der Waals surface area contributed by atoms with Crippen molar-refractivity contribution in [2.24, 2.45) is 0 Å². The molecule has 1 N–H and O–H groups in total. The maximum Gasteiger partial charge on any atom is 0.164 e. The first-order valence-electron chi connectivity index (χ1n) is 6.49. The number of hydrogen-bond acceptors (Lipinski definition) is 3. The van der Waals surface area contributed by atoms with Crippen molar-refractivity contribution in [2.75, 3.05) is 0 Å². The van der Waals surface area contributed by atoms with E-state index in [2.05, 4.69) is 10.1 Å². The summed E-state index contributed by atoms with van der Waals surface area (Å²) >= 11 is 0. The van der Waals surface area contributed by atoms with Gasteiger partial charge in [0.2, 0.25) is 0 Å². The lowest BCUT2D eigenvalue weighted by molar-refractivity contribution is 0.0497. The van der Waals surface area contributed by atoms with Gasteiger partial charge in [-0.1, -0.05) is 19.1 Å². The van der Waals surface area contributed by atoms with E-state index in [1.165, 1.54) is 25.4 Å². The fraction of sp³-hybridized carbons (Fsp3) is 0.429. The Morgan fingerprint density at radius 1 is 1.35 bits per heavy atom. The van der Waals surface area contributed by atoms with E-state index in [0.29, 0.717) is 12.4 Å². The lowest BCUT2D eigenvalue weighted by Gasteiger charge is -2.24. The molecule has 0 aliphatic carbocycles. The number of aryl methyl sites for hydroxylation is 1. The minimum atomic E-state index is -1.55. The largest absolute Gasteiger partial charge is 0.385 e. The van der Waals surface area contributed by atoms with E-state index in [9.17, 15) is 13.9 Å². The molecule has 0 radical (unpaired) electrons. The number of aromatic nitrogens is 3. The monoisotopic (exact) mass is 281 g/mol. The molecule has 1 aromatic heterocycles. The Labute approximate surface area is 116 Å². The quantitative estimate of drug-likeness (QED) is 0.915. The molecule has 2 aromatic rings. The van der Waals surface area contributed by atoms with Gasteiger partial charge in [0.15, 0.2) is 11.6 Å². The third kappa shape index (κ3) is 2.85. The Balaban J connectivity index is 2.30. The Morgan fingerprint density at radius 3 is 2.80 bits per heavy atom. The summed E-state index contributed by atoms with van der Waals surface area (Å²) in [5, 5.41) is 14.5. The number of benzene rings is 1. The van der Waals surface area contributed by atoms with E-state index in [-0.39, 0.29) is 12.0 Å². The van der Waals surface area contributed by atoms with Crippen LogP contribution in [0.15, 0.2) is 24.5 Å². The maximum absolute atomic E-state index is 13.8. The third-order valence-electron chi connectivity index (χ3n) is 3.17. The second kappa shape index (κ2) is 5.66. The molecule has 1 heterocycles. The molecule has 1 atom stereocenters. The van der Waals surface area contributed by atoms with Gasteiger partial charge >= 0.3 is 0 Å². The summed E-state index contributed by atoms with van der Waals surface area (Å²) in [5.74, 6) is -1.46. The van der Waals surface area contributed by atoms with E-state index < -0.39 is 17.2 Å². The first kappa shape index (κ1) is 14.6. The van der Waals surface area contributed by atoms with E-state index in [0.717, 1.165) is 12.5 Å². The van der Waals surface area contributed by atoms with Gasteiger partial charge in [0, 0.05) is 18.5 Å². The highest BCUT2D eigenvalue weighted by Gasteiger charge is 2.30. The molecule has 1 unspecified atom stereocenters. The summed E-state index contributed by atoms with van der Waals surface area (Å²) < 4.78 is 28.7. The molecule has 0 spiro atoms. The van der Waals surface area contributed by atoms with Gasteiger partial charge in [-0.25, -0.2) is 18.4 Å². The third-order valence-corrected chi connectivity index (χ3v) is 3.17. The molecular weight excluding hydrogens is 264 g/mol. The molecule has 2 rings (SSSR count). The zero-order chi connectivity index (χ0) is 14.8. The molecule has 0 saturated carbocycles. The van der Waals surface area contributed by atoms with Crippen LogP contribution < -0.4 is 0 Å². The van der Waals surface area contributed by atoms with Crippen LogP contribution in [-0.2, 0) is 18.6 Å². The van der Waals surface area contributed by atoms with Crippen molar-refractivity contribution in [2.45, 2.75) is 38.8 Å². The summed E-state index contributed by atoms with van der Waals surface area (Å²) in [5.41, 5.74) is -1.63. The Kier molecular flexibility index (Phi) is 4.13. The lowest BCUT2D eigenvalue weighted by Crippen LogP contribution is -2.28. The van der Waals surface area contributed by atoms with Gasteiger partial charge in [-0.2, -0.15) is 5.10 Å². The summed E-state index contributed by atoms with van der Waals surface area (Å²) in [6.45, 7) is 4.10. The highest BCUT2D eigenvalue weighted by Crippen LogP contribution is 2.28. The molecule has 0 saturated heterocycles. The van der Waals surface area contributed by atoms with E-state index in [1.54, 1.807) is 4.68 Å². The highest BCUT2D eigenvalue weighted by atomic mass is 19.2. The molecule has 0 aliphatic rings. The van der Waals surface area contributed by atoms with Crippen LogP contribution in [0.25, 0.3) is 0 Å². The van der Waals surface area contributed by atoms with Crippen molar-refractivity contribution < 1.29 is 13.9 Å². The summed E-state index contributed by atoms with van der Waals surface area (Å²) in [7, 11) is 0. The van der Waals surface area contributed by atoms with Crippen LogP contribution in [0.3, 0.4) is 0 Å². The maximum atomic E-state index is 13.8. The number of hydrogen-bond donors (Lipinski definition) is 1. The summed E-state index contributed by atoms with van der Waals surface area (Å²) in [4.78, 5) is 4.07. The van der Waals surface area contributed by atoms with Crippen molar-refractivity contribution in [3.63, 3.8) is 0 Å². The molecule has 1 aromatic carbocycles. The molecule has 0 amide bonds. The SMILES string of the molecule is CCCn1ncnc1CC(C)(O)c1cccc(F)c1F. The molecule has 4 nitrogen and oxygen atoms in total. The van der Waals surface area contributed by atoms with Crippen LogP contribution in [0.2, 0.25) is 0 Å².